The van der Waals surface area contributed by atoms with Gasteiger partial charge in [0, 0.05) is 23.6 Å². The van der Waals surface area contributed by atoms with E-state index in [4.69, 9.17) is 0 Å². The first-order valence-electron chi connectivity index (χ1n) is 8.66. The number of hydrogen-bond donors (Lipinski definition) is 2. The molecule has 0 spiro atoms. The van der Waals surface area contributed by atoms with E-state index in [0.717, 1.165) is 11.5 Å². The first-order chi connectivity index (χ1) is 13.9. The van der Waals surface area contributed by atoms with E-state index in [-0.39, 0.29) is 18.1 Å². The highest BCUT2D eigenvalue weighted by molar-refractivity contribution is 7.98. The summed E-state index contributed by atoms with van der Waals surface area (Å²) in [6.07, 6.45) is 3.76. The Morgan fingerprint density at radius 3 is 2.90 bits per heavy atom. The van der Waals surface area contributed by atoms with Crippen LogP contribution >= 0.6 is 23.3 Å². The molecule has 0 saturated heterocycles. The van der Waals surface area contributed by atoms with Crippen LogP contribution in [0, 0.1) is 11.3 Å². The van der Waals surface area contributed by atoms with E-state index in [1.165, 1.54) is 11.8 Å². The van der Waals surface area contributed by atoms with Crippen molar-refractivity contribution >= 4 is 56.5 Å². The molecular formula is C19H16N6O2S2. The number of aromatic hydroxyl groups is 1. The van der Waals surface area contributed by atoms with Crippen molar-refractivity contribution in [2.24, 2.45) is 10.2 Å². The molecule has 2 aromatic heterocycles. The van der Waals surface area contributed by atoms with E-state index in [0.29, 0.717) is 43.4 Å². The third-order valence-corrected chi connectivity index (χ3v) is 6.17. The zero-order chi connectivity index (χ0) is 20.8. The van der Waals surface area contributed by atoms with Gasteiger partial charge in [0.2, 0.25) is 5.91 Å². The van der Waals surface area contributed by atoms with Crippen molar-refractivity contribution in [3.63, 3.8) is 0 Å². The van der Waals surface area contributed by atoms with Gasteiger partial charge in [-0.3, -0.25) is 4.79 Å². The number of azo groups is 1. The number of thioether (sulfide) groups is 1. The normalized spacial score (nSPS) is 15.3. The molecule has 1 amide bonds. The van der Waals surface area contributed by atoms with Crippen LogP contribution < -0.4 is 5.32 Å². The van der Waals surface area contributed by atoms with Gasteiger partial charge < -0.3 is 10.4 Å². The zero-order valence-corrected chi connectivity index (χ0v) is 17.5. The summed E-state index contributed by atoms with van der Waals surface area (Å²) in [7, 11) is 0. The number of hydrogen-bond acceptors (Lipinski definition) is 9. The maximum atomic E-state index is 12.1. The highest BCUT2D eigenvalue weighted by Gasteiger charge is 2.36. The maximum absolute atomic E-state index is 12.1. The lowest BCUT2D eigenvalue weighted by Gasteiger charge is -2.33. The van der Waals surface area contributed by atoms with Gasteiger partial charge in [-0.25, -0.2) is 4.98 Å². The fourth-order valence-electron chi connectivity index (χ4n) is 3.45. The second kappa shape index (κ2) is 7.09. The number of nitrogens with one attached hydrogen (secondary N) is 1. The van der Waals surface area contributed by atoms with Crippen LogP contribution in [0.25, 0.3) is 10.9 Å². The summed E-state index contributed by atoms with van der Waals surface area (Å²) in [6.45, 7) is 3.81. The number of nitrogens with zero attached hydrogens (tertiary/aromatic N) is 5. The molecule has 1 aliphatic heterocycles. The smallest absolute Gasteiger partial charge is 0.225 e. The Labute approximate surface area is 174 Å². The molecule has 0 bridgehead atoms. The van der Waals surface area contributed by atoms with Crippen molar-refractivity contribution in [2.75, 3.05) is 11.6 Å². The number of nitriles is 1. The maximum Gasteiger partial charge on any atom is 0.225 e. The molecule has 3 heterocycles. The number of rotatable bonds is 3. The Balaban J connectivity index is 1.80. The predicted octanol–water partition coefficient (Wildman–Crippen LogP) is 5.03. The van der Waals surface area contributed by atoms with Crippen molar-refractivity contribution in [3.05, 3.63) is 29.5 Å². The summed E-state index contributed by atoms with van der Waals surface area (Å²) < 4.78 is 4.35. The molecule has 10 heteroatoms. The van der Waals surface area contributed by atoms with Gasteiger partial charge >= 0.3 is 0 Å². The van der Waals surface area contributed by atoms with Crippen LogP contribution in [0.2, 0.25) is 0 Å². The van der Waals surface area contributed by atoms with E-state index in [1.54, 1.807) is 18.3 Å². The fourth-order valence-corrected chi connectivity index (χ4v) is 4.65. The molecule has 0 fully saturated rings. The van der Waals surface area contributed by atoms with Gasteiger partial charge in [-0.05, 0) is 29.9 Å². The molecule has 146 valence electrons. The molecule has 8 nitrogen and oxygen atoms in total. The quantitative estimate of drug-likeness (QED) is 0.449. The van der Waals surface area contributed by atoms with E-state index in [2.05, 4.69) is 31.0 Å². The molecule has 29 heavy (non-hydrogen) atoms. The molecule has 1 aromatic carbocycles. The van der Waals surface area contributed by atoms with Gasteiger partial charge in [0.25, 0.3) is 0 Å². The number of carbonyl (C=O) groups excluding carboxylic acids is 1. The number of aromatic nitrogens is 2. The van der Waals surface area contributed by atoms with Crippen LogP contribution in [-0.4, -0.2) is 26.6 Å². The van der Waals surface area contributed by atoms with Crippen molar-refractivity contribution < 1.29 is 9.90 Å². The van der Waals surface area contributed by atoms with E-state index < -0.39 is 5.41 Å². The molecule has 3 aromatic rings. The minimum atomic E-state index is -0.524. The highest BCUT2D eigenvalue weighted by atomic mass is 32.2. The van der Waals surface area contributed by atoms with Crippen LogP contribution in [0.5, 0.6) is 5.75 Å². The average molecular weight is 425 g/mol. The predicted molar refractivity (Wildman–Crippen MR) is 112 cm³/mol. The molecule has 4 rings (SSSR count). The number of phenolic OH excluding ortho intramolecular Hbond substituents is 1. The third kappa shape index (κ3) is 3.22. The fraction of sp³-hybridized carbons (Fsp3) is 0.263. The van der Waals surface area contributed by atoms with Gasteiger partial charge in [-0.2, -0.15) is 9.64 Å². The lowest BCUT2D eigenvalue weighted by molar-refractivity contribution is -0.117. The summed E-state index contributed by atoms with van der Waals surface area (Å²) >= 11 is 2.51. The minimum absolute atomic E-state index is 0.111. The second-order valence-electron chi connectivity index (χ2n) is 7.17. The Morgan fingerprint density at radius 2 is 2.17 bits per heavy atom. The Bertz CT molecular complexity index is 1230. The van der Waals surface area contributed by atoms with E-state index in [1.807, 2.05) is 20.1 Å². The molecule has 0 radical (unpaired) electrons. The minimum Gasteiger partial charge on any atom is -0.508 e. The van der Waals surface area contributed by atoms with Crippen molar-refractivity contribution in [1.82, 2.24) is 9.36 Å². The van der Waals surface area contributed by atoms with Crippen molar-refractivity contribution in [1.29, 1.82) is 5.26 Å². The Kier molecular flexibility index (Phi) is 4.72. The molecule has 1 aliphatic rings. The summed E-state index contributed by atoms with van der Waals surface area (Å²) in [5, 5.41) is 33.0. The molecule has 0 unspecified atom stereocenters. The summed E-state index contributed by atoms with van der Waals surface area (Å²) in [4.78, 5) is 16.4. The number of anilines is 1. The number of phenols is 1. The van der Waals surface area contributed by atoms with Crippen LogP contribution in [0.1, 0.15) is 31.4 Å². The van der Waals surface area contributed by atoms with E-state index >= 15 is 0 Å². The van der Waals surface area contributed by atoms with Crippen LogP contribution in [0.15, 0.2) is 33.6 Å². The van der Waals surface area contributed by atoms with Crippen molar-refractivity contribution in [2.45, 2.75) is 30.7 Å². The lowest BCUT2D eigenvalue weighted by atomic mass is 9.77. The second-order valence-corrected chi connectivity index (χ2v) is 8.71. The van der Waals surface area contributed by atoms with Gasteiger partial charge in [0.15, 0.2) is 5.00 Å². The first kappa shape index (κ1) is 19.3. The Morgan fingerprint density at radius 1 is 1.38 bits per heavy atom. The largest absolute Gasteiger partial charge is 0.508 e. The molecular weight excluding hydrogens is 408 g/mol. The van der Waals surface area contributed by atoms with Gasteiger partial charge in [-0.15, -0.1) is 22.0 Å². The van der Waals surface area contributed by atoms with Gasteiger partial charge in [0.05, 0.1) is 11.1 Å². The SMILES string of the molecule is CSc1ncc2c(/N=N/c3ccc(O)c4c3NC(=O)CC4(C)C)snc2c1C#N. The number of pyridine rings is 1. The van der Waals surface area contributed by atoms with Crippen LogP contribution in [-0.2, 0) is 10.2 Å². The summed E-state index contributed by atoms with van der Waals surface area (Å²) in [6, 6.07) is 5.31. The van der Waals surface area contributed by atoms with Crippen LogP contribution in [0.4, 0.5) is 16.4 Å². The van der Waals surface area contributed by atoms with Gasteiger partial charge in [0.1, 0.15) is 33.6 Å². The highest BCUT2D eigenvalue weighted by Crippen LogP contribution is 2.47. The van der Waals surface area contributed by atoms with Crippen molar-refractivity contribution in [3.8, 4) is 11.8 Å². The van der Waals surface area contributed by atoms with Gasteiger partial charge in [-0.1, -0.05) is 13.8 Å². The average Bonchev–Trinajstić information content (AvgIpc) is 3.08. The summed E-state index contributed by atoms with van der Waals surface area (Å²) in [5.74, 6) is -0.0279. The molecule has 0 atom stereocenters. The number of benzene rings is 1. The molecule has 0 aliphatic carbocycles. The monoisotopic (exact) mass is 424 g/mol. The first-order valence-corrected chi connectivity index (χ1v) is 10.7. The lowest BCUT2D eigenvalue weighted by Crippen LogP contribution is -2.32. The standard InChI is InChI=1S/C19H16N6O2S2/c1-19(2)6-13(27)22-16-11(4-5-12(26)14(16)19)23-24-18-10-8-21-17(28-3)9(7-20)15(10)25-29-18/h4-5,8,26H,6H2,1-3H3,(H,22,27)/b24-23+. The van der Waals surface area contributed by atoms with Crippen LogP contribution in [0.3, 0.4) is 0 Å². The number of amides is 1. The topological polar surface area (TPSA) is 124 Å². The number of fused-ring (bicyclic) bond motifs is 2. The third-order valence-electron chi connectivity index (χ3n) is 4.73. The summed E-state index contributed by atoms with van der Waals surface area (Å²) in [5.41, 5.74) is 1.99. The van der Waals surface area contributed by atoms with E-state index in [9.17, 15) is 15.2 Å². The molecule has 2 N–H and O–H groups in total. The molecule has 0 saturated carbocycles. The Hall–Kier alpha value is -3.03. The number of carbonyl (C=O) groups is 1. The zero-order valence-electron chi connectivity index (χ0n) is 15.8.